The van der Waals surface area contributed by atoms with Gasteiger partial charge in [0.05, 0.1) is 26.4 Å². The number of aliphatic hydroxyl groups is 1. The van der Waals surface area contributed by atoms with Gasteiger partial charge in [-0.3, -0.25) is 37.3 Å². The molecule has 19 heteroatoms. The molecule has 0 radical (unpaired) electrons. The van der Waals surface area contributed by atoms with Crippen LogP contribution in [0.4, 0.5) is 0 Å². The predicted molar refractivity (Wildman–Crippen MR) is 423 cm³/mol. The highest BCUT2D eigenvalue weighted by Gasteiger charge is 2.30. The van der Waals surface area contributed by atoms with Crippen molar-refractivity contribution in [3.8, 4) is 0 Å². The third kappa shape index (κ3) is 78.0. The molecule has 0 amide bonds. The maximum Gasteiger partial charge on any atom is 0.472 e. The second-order valence-corrected chi connectivity index (χ2v) is 34.1. The monoisotopic (exact) mass is 1510 g/mol. The Kier molecular flexibility index (Phi) is 74.1. The Hall–Kier alpha value is -1.94. The van der Waals surface area contributed by atoms with E-state index in [1.54, 1.807) is 0 Å². The van der Waals surface area contributed by atoms with Crippen LogP contribution in [0, 0.1) is 11.8 Å². The molecule has 0 aromatic rings. The van der Waals surface area contributed by atoms with E-state index in [1.807, 2.05) is 0 Å². The first kappa shape index (κ1) is 101. The summed E-state index contributed by atoms with van der Waals surface area (Å²) in [7, 11) is -9.92. The lowest BCUT2D eigenvalue weighted by molar-refractivity contribution is -0.161. The summed E-state index contributed by atoms with van der Waals surface area (Å²) in [6, 6.07) is 0. The van der Waals surface area contributed by atoms with Crippen LogP contribution in [0.1, 0.15) is 446 Å². The lowest BCUT2D eigenvalue weighted by Crippen LogP contribution is -2.30. The van der Waals surface area contributed by atoms with E-state index in [0.717, 1.165) is 102 Å². The Morgan fingerprint density at radius 3 is 0.660 bits per heavy atom. The van der Waals surface area contributed by atoms with Gasteiger partial charge < -0.3 is 33.8 Å². The number of phosphoric acid groups is 2. The fourth-order valence-corrected chi connectivity index (χ4v) is 14.6. The van der Waals surface area contributed by atoms with E-state index in [4.69, 9.17) is 37.0 Å². The van der Waals surface area contributed by atoms with Crippen molar-refractivity contribution in [1.29, 1.82) is 0 Å². The normalized spacial score (nSPS) is 13.9. The average molecular weight is 1510 g/mol. The fourth-order valence-electron chi connectivity index (χ4n) is 13.1. The molecule has 0 aliphatic heterocycles. The van der Waals surface area contributed by atoms with Crippen molar-refractivity contribution in [3.63, 3.8) is 0 Å². The lowest BCUT2D eigenvalue weighted by atomic mass is 10.0. The molecule has 5 atom stereocenters. The highest BCUT2D eigenvalue weighted by Crippen LogP contribution is 2.45. The van der Waals surface area contributed by atoms with Crippen molar-refractivity contribution in [3.05, 3.63) is 0 Å². The maximum atomic E-state index is 13.1. The van der Waals surface area contributed by atoms with E-state index < -0.39 is 97.5 Å². The zero-order chi connectivity index (χ0) is 75.6. The van der Waals surface area contributed by atoms with Gasteiger partial charge in [0, 0.05) is 25.7 Å². The third-order valence-corrected chi connectivity index (χ3v) is 21.6. The van der Waals surface area contributed by atoms with Gasteiger partial charge in [-0.25, -0.2) is 9.13 Å². The summed E-state index contributed by atoms with van der Waals surface area (Å²) in [5.74, 6) is -0.529. The first-order chi connectivity index (χ1) is 49.9. The molecular weight excluding hydrogens is 1340 g/mol. The highest BCUT2D eigenvalue weighted by atomic mass is 31.2. The minimum Gasteiger partial charge on any atom is -0.462 e. The summed E-state index contributed by atoms with van der Waals surface area (Å²) >= 11 is 0. The molecule has 3 N–H and O–H groups in total. The molecule has 0 bridgehead atoms. The third-order valence-electron chi connectivity index (χ3n) is 19.7. The van der Waals surface area contributed by atoms with Gasteiger partial charge in [0.15, 0.2) is 12.2 Å². The van der Waals surface area contributed by atoms with Crippen molar-refractivity contribution in [1.82, 2.24) is 0 Å². The summed E-state index contributed by atoms with van der Waals surface area (Å²) < 4.78 is 68.8. The zero-order valence-corrected chi connectivity index (χ0v) is 69.4. The number of rotatable bonds is 83. The second-order valence-electron chi connectivity index (χ2n) is 31.2. The Morgan fingerprint density at radius 2 is 0.447 bits per heavy atom. The van der Waals surface area contributed by atoms with Gasteiger partial charge in [0.2, 0.25) is 0 Å². The van der Waals surface area contributed by atoms with Crippen LogP contribution in [0.5, 0.6) is 0 Å². The van der Waals surface area contributed by atoms with Gasteiger partial charge in [-0.15, -0.1) is 0 Å². The Balaban J connectivity index is 5.24. The van der Waals surface area contributed by atoms with Crippen molar-refractivity contribution in [2.75, 3.05) is 39.6 Å². The van der Waals surface area contributed by atoms with Gasteiger partial charge in [-0.1, -0.05) is 395 Å². The average Bonchev–Trinajstić information content (AvgIpc) is 0.921. The quantitative estimate of drug-likeness (QED) is 0.0222. The highest BCUT2D eigenvalue weighted by molar-refractivity contribution is 7.47. The molecule has 0 aliphatic carbocycles. The number of hydrogen-bond acceptors (Lipinski definition) is 15. The van der Waals surface area contributed by atoms with Crippen LogP contribution in [0.3, 0.4) is 0 Å². The smallest absolute Gasteiger partial charge is 0.462 e. The molecule has 0 aliphatic rings. The number of unbranched alkanes of at least 4 members (excludes halogenated alkanes) is 53. The number of carbonyl (C=O) groups is 4. The summed E-state index contributed by atoms with van der Waals surface area (Å²) in [5, 5.41) is 10.7. The Labute approximate surface area is 632 Å². The van der Waals surface area contributed by atoms with Crippen LogP contribution in [0.25, 0.3) is 0 Å². The van der Waals surface area contributed by atoms with Gasteiger partial charge in [-0.2, -0.15) is 0 Å². The van der Waals surface area contributed by atoms with Crippen molar-refractivity contribution in [2.24, 2.45) is 11.8 Å². The molecule has 103 heavy (non-hydrogen) atoms. The Bertz CT molecular complexity index is 1980. The van der Waals surface area contributed by atoms with Crippen LogP contribution < -0.4 is 0 Å². The van der Waals surface area contributed by atoms with Crippen molar-refractivity contribution in [2.45, 2.75) is 464 Å². The predicted octanol–water partition coefficient (Wildman–Crippen LogP) is 25.5. The van der Waals surface area contributed by atoms with Crippen LogP contribution in [0.15, 0.2) is 0 Å². The van der Waals surface area contributed by atoms with Crippen LogP contribution >= 0.6 is 15.6 Å². The Morgan fingerprint density at radius 1 is 0.262 bits per heavy atom. The number of carbonyl (C=O) groups excluding carboxylic acids is 4. The maximum absolute atomic E-state index is 13.1. The van der Waals surface area contributed by atoms with Gasteiger partial charge in [0.25, 0.3) is 0 Å². The molecule has 17 nitrogen and oxygen atoms in total. The molecule has 0 rings (SSSR count). The number of hydrogen-bond donors (Lipinski definition) is 3. The topological polar surface area (TPSA) is 237 Å². The van der Waals surface area contributed by atoms with Gasteiger partial charge in [-0.05, 0) is 37.5 Å². The largest absolute Gasteiger partial charge is 0.472 e. The summed E-state index contributed by atoms with van der Waals surface area (Å²) in [4.78, 5) is 73.1. The van der Waals surface area contributed by atoms with Gasteiger partial charge in [0.1, 0.15) is 19.3 Å². The minimum atomic E-state index is -4.96. The van der Waals surface area contributed by atoms with E-state index in [0.29, 0.717) is 25.7 Å². The van der Waals surface area contributed by atoms with Crippen LogP contribution in [-0.4, -0.2) is 96.7 Å². The molecule has 0 aromatic carbocycles. The number of esters is 4. The number of ether oxygens (including phenoxy) is 4. The zero-order valence-electron chi connectivity index (χ0n) is 67.6. The molecular formula is C84H164O17P2. The molecule has 2 unspecified atom stereocenters. The number of phosphoric ester groups is 2. The van der Waals surface area contributed by atoms with Crippen LogP contribution in [0.2, 0.25) is 0 Å². The summed E-state index contributed by atoms with van der Waals surface area (Å²) in [5.41, 5.74) is 0. The molecule has 612 valence electrons. The van der Waals surface area contributed by atoms with E-state index in [1.165, 1.54) is 263 Å². The minimum absolute atomic E-state index is 0.107. The fraction of sp³-hybridized carbons (Fsp3) is 0.952. The molecule has 0 fully saturated rings. The molecule has 0 heterocycles. The summed E-state index contributed by atoms with van der Waals surface area (Å²) in [6.45, 7) is 9.69. The lowest BCUT2D eigenvalue weighted by Gasteiger charge is -2.21. The standard InChI is InChI=1S/C84H164O17P2/c1-7-9-11-13-15-17-19-20-21-22-23-24-28-31-37-43-49-55-61-67-82(87)95-73-80(100-83(88)68-62-56-50-44-38-32-29-26-25-27-30-35-40-46-52-58-64-76(3)4)75-99-103(92,93)97-71-78(85)70-96-102(90,91)98-74-79(72-94-81(86)66-60-54-48-42-34-18-16-14-12-10-8-2)101-84(89)69-63-57-51-45-39-33-36-41-47-53-59-65-77(5)6/h76-80,85H,7-75H2,1-6H3,(H,90,91)(H,92,93)/t78-,79+,80+/m0/s1. The second kappa shape index (κ2) is 75.5. The summed E-state index contributed by atoms with van der Waals surface area (Å²) in [6.07, 6.45) is 66.6. The molecule has 0 saturated heterocycles. The molecule has 0 saturated carbocycles. The first-order valence-electron chi connectivity index (χ1n) is 43.5. The molecule has 0 spiro atoms. The van der Waals surface area contributed by atoms with E-state index in [9.17, 15) is 43.2 Å². The van der Waals surface area contributed by atoms with Gasteiger partial charge >= 0.3 is 39.5 Å². The SMILES string of the molecule is CCCCCCCCCCCCCCCCCCCCCC(=O)OC[C@H](COP(=O)(O)OC[C@@H](O)COP(=O)(O)OC[C@@H](COC(=O)CCCCCCCCCCCCC)OC(=O)CCCCCCCCCCCCCC(C)C)OC(=O)CCCCCCCCCCCCCCCCCCC(C)C. The first-order valence-corrected chi connectivity index (χ1v) is 46.5. The number of aliphatic hydroxyl groups excluding tert-OH is 1. The van der Waals surface area contributed by atoms with E-state index in [2.05, 4.69) is 41.5 Å². The van der Waals surface area contributed by atoms with Crippen molar-refractivity contribution >= 4 is 39.5 Å². The van der Waals surface area contributed by atoms with E-state index in [-0.39, 0.29) is 25.7 Å². The molecule has 0 aromatic heterocycles. The van der Waals surface area contributed by atoms with Crippen molar-refractivity contribution < 1.29 is 80.2 Å². The van der Waals surface area contributed by atoms with E-state index >= 15 is 0 Å². The van der Waals surface area contributed by atoms with Crippen LogP contribution in [-0.2, 0) is 65.4 Å².